The lowest BCUT2D eigenvalue weighted by Gasteiger charge is -2.21. The molecule has 0 radical (unpaired) electrons. The third-order valence-corrected chi connectivity index (χ3v) is 3.48. The molecule has 112 valence electrons. The predicted octanol–water partition coefficient (Wildman–Crippen LogP) is 0.919. The Hall–Kier alpha value is -0.650. The first-order valence-electron chi connectivity index (χ1n) is 7.30. The first kappa shape index (κ1) is 16.4. The van der Waals surface area contributed by atoms with Crippen LogP contribution in [0.4, 0.5) is 0 Å². The van der Waals surface area contributed by atoms with E-state index in [-0.39, 0.29) is 11.8 Å². The van der Waals surface area contributed by atoms with Gasteiger partial charge in [-0.05, 0) is 31.1 Å². The largest absolute Gasteiger partial charge is 0.381 e. The van der Waals surface area contributed by atoms with Crippen LogP contribution in [0.3, 0.4) is 0 Å². The van der Waals surface area contributed by atoms with Gasteiger partial charge in [-0.3, -0.25) is 4.79 Å². The zero-order chi connectivity index (χ0) is 14.1. The summed E-state index contributed by atoms with van der Waals surface area (Å²) in [7, 11) is 0. The van der Waals surface area contributed by atoms with E-state index in [4.69, 9.17) is 15.2 Å². The SMILES string of the molecule is CC(C)[C@H](N)C(=O)NCCCOCC1CCOCC1. The molecular formula is C14H28N2O3. The Morgan fingerprint density at radius 1 is 1.42 bits per heavy atom. The molecule has 19 heavy (non-hydrogen) atoms. The first-order chi connectivity index (χ1) is 9.11. The molecule has 5 nitrogen and oxygen atoms in total. The van der Waals surface area contributed by atoms with E-state index >= 15 is 0 Å². The summed E-state index contributed by atoms with van der Waals surface area (Å²) >= 11 is 0. The monoisotopic (exact) mass is 272 g/mol. The van der Waals surface area contributed by atoms with Gasteiger partial charge in [-0.25, -0.2) is 0 Å². The first-order valence-corrected chi connectivity index (χ1v) is 7.30. The van der Waals surface area contributed by atoms with Gasteiger partial charge in [0.15, 0.2) is 0 Å². The van der Waals surface area contributed by atoms with Crippen molar-refractivity contribution in [2.45, 2.75) is 39.2 Å². The molecule has 1 heterocycles. The minimum atomic E-state index is -0.414. The second-order valence-electron chi connectivity index (χ2n) is 5.55. The number of hydrogen-bond donors (Lipinski definition) is 2. The van der Waals surface area contributed by atoms with Gasteiger partial charge in [0.2, 0.25) is 5.91 Å². The highest BCUT2D eigenvalue weighted by Gasteiger charge is 2.16. The van der Waals surface area contributed by atoms with Gasteiger partial charge in [0.25, 0.3) is 0 Å². The van der Waals surface area contributed by atoms with E-state index in [1.165, 1.54) is 0 Å². The summed E-state index contributed by atoms with van der Waals surface area (Å²) in [6, 6.07) is -0.414. The number of nitrogens with one attached hydrogen (secondary N) is 1. The molecule has 0 aromatic heterocycles. The molecule has 0 bridgehead atoms. The second kappa shape index (κ2) is 9.28. The zero-order valence-corrected chi connectivity index (χ0v) is 12.2. The van der Waals surface area contributed by atoms with Gasteiger partial charge in [-0.1, -0.05) is 13.8 Å². The minimum absolute atomic E-state index is 0.0700. The van der Waals surface area contributed by atoms with Crippen molar-refractivity contribution in [1.82, 2.24) is 5.32 Å². The molecule has 1 fully saturated rings. The van der Waals surface area contributed by atoms with Crippen LogP contribution in [0.1, 0.15) is 33.1 Å². The highest BCUT2D eigenvalue weighted by Crippen LogP contribution is 2.14. The maximum atomic E-state index is 11.6. The molecule has 1 aliphatic rings. The number of carbonyl (C=O) groups is 1. The van der Waals surface area contributed by atoms with Gasteiger partial charge < -0.3 is 20.5 Å². The molecule has 0 unspecified atom stereocenters. The maximum Gasteiger partial charge on any atom is 0.237 e. The number of amides is 1. The Balaban J connectivity index is 1.94. The van der Waals surface area contributed by atoms with Gasteiger partial charge in [0.05, 0.1) is 6.04 Å². The summed E-state index contributed by atoms with van der Waals surface area (Å²) in [5, 5.41) is 2.84. The van der Waals surface area contributed by atoms with E-state index in [0.29, 0.717) is 19.1 Å². The molecule has 1 atom stereocenters. The van der Waals surface area contributed by atoms with Crippen molar-refractivity contribution in [3.8, 4) is 0 Å². The topological polar surface area (TPSA) is 73.6 Å². The van der Waals surface area contributed by atoms with Crippen molar-refractivity contribution < 1.29 is 14.3 Å². The number of ether oxygens (including phenoxy) is 2. The number of hydrogen-bond acceptors (Lipinski definition) is 4. The summed E-state index contributed by atoms with van der Waals surface area (Å²) in [5.41, 5.74) is 5.74. The summed E-state index contributed by atoms with van der Waals surface area (Å²) in [6.07, 6.45) is 3.03. The van der Waals surface area contributed by atoms with E-state index in [1.807, 2.05) is 13.8 Å². The maximum absolute atomic E-state index is 11.6. The van der Waals surface area contributed by atoms with E-state index < -0.39 is 6.04 Å². The highest BCUT2D eigenvalue weighted by molar-refractivity contribution is 5.81. The van der Waals surface area contributed by atoms with Crippen molar-refractivity contribution >= 4 is 5.91 Å². The fourth-order valence-electron chi connectivity index (χ4n) is 1.97. The molecule has 1 aliphatic heterocycles. The Kier molecular flexibility index (Phi) is 8.02. The molecule has 0 aliphatic carbocycles. The van der Waals surface area contributed by atoms with Crippen molar-refractivity contribution in [3.63, 3.8) is 0 Å². The molecule has 1 rings (SSSR count). The average Bonchev–Trinajstić information content (AvgIpc) is 2.42. The van der Waals surface area contributed by atoms with Crippen LogP contribution in [0.15, 0.2) is 0 Å². The van der Waals surface area contributed by atoms with Crippen LogP contribution in [-0.4, -0.2) is 44.9 Å². The molecule has 3 N–H and O–H groups in total. The van der Waals surface area contributed by atoms with Gasteiger partial charge >= 0.3 is 0 Å². The predicted molar refractivity (Wildman–Crippen MR) is 74.8 cm³/mol. The van der Waals surface area contributed by atoms with Gasteiger partial charge in [-0.15, -0.1) is 0 Å². The number of rotatable bonds is 8. The molecule has 1 saturated heterocycles. The molecule has 0 spiro atoms. The lowest BCUT2D eigenvalue weighted by molar-refractivity contribution is -0.123. The van der Waals surface area contributed by atoms with E-state index in [1.54, 1.807) is 0 Å². The zero-order valence-electron chi connectivity index (χ0n) is 12.2. The van der Waals surface area contributed by atoms with Gasteiger partial charge in [0, 0.05) is 33.0 Å². The molecule has 5 heteroatoms. The Morgan fingerprint density at radius 2 is 2.11 bits per heavy atom. The van der Waals surface area contributed by atoms with Crippen LogP contribution >= 0.6 is 0 Å². The van der Waals surface area contributed by atoms with Crippen LogP contribution in [0.5, 0.6) is 0 Å². The van der Waals surface area contributed by atoms with Crippen LogP contribution in [0.25, 0.3) is 0 Å². The van der Waals surface area contributed by atoms with Crippen LogP contribution in [0, 0.1) is 11.8 Å². The summed E-state index contributed by atoms with van der Waals surface area (Å²) in [6.45, 7) is 7.74. The van der Waals surface area contributed by atoms with E-state index in [2.05, 4.69) is 5.32 Å². The van der Waals surface area contributed by atoms with Crippen molar-refractivity contribution in [2.24, 2.45) is 17.6 Å². The third-order valence-electron chi connectivity index (χ3n) is 3.48. The van der Waals surface area contributed by atoms with Crippen LogP contribution in [-0.2, 0) is 14.3 Å². The molecular weight excluding hydrogens is 244 g/mol. The Bertz CT molecular complexity index is 253. The summed E-state index contributed by atoms with van der Waals surface area (Å²) in [5.74, 6) is 0.738. The Labute approximate surface area is 116 Å². The van der Waals surface area contributed by atoms with Crippen molar-refractivity contribution in [1.29, 1.82) is 0 Å². The van der Waals surface area contributed by atoms with E-state index in [9.17, 15) is 4.79 Å². The lowest BCUT2D eigenvalue weighted by Crippen LogP contribution is -2.44. The van der Waals surface area contributed by atoms with Crippen LogP contribution in [0.2, 0.25) is 0 Å². The molecule has 1 amide bonds. The van der Waals surface area contributed by atoms with Crippen LogP contribution < -0.4 is 11.1 Å². The van der Waals surface area contributed by atoms with Crippen molar-refractivity contribution in [2.75, 3.05) is 33.0 Å². The fraction of sp³-hybridized carbons (Fsp3) is 0.929. The quantitative estimate of drug-likeness (QED) is 0.644. The molecule has 0 saturated carbocycles. The Morgan fingerprint density at radius 3 is 2.74 bits per heavy atom. The molecule has 0 aromatic carbocycles. The van der Waals surface area contributed by atoms with Crippen molar-refractivity contribution in [3.05, 3.63) is 0 Å². The number of carbonyl (C=O) groups excluding carboxylic acids is 1. The summed E-state index contributed by atoms with van der Waals surface area (Å²) < 4.78 is 10.9. The normalized spacial score (nSPS) is 18.5. The van der Waals surface area contributed by atoms with E-state index in [0.717, 1.165) is 39.1 Å². The lowest BCUT2D eigenvalue weighted by atomic mass is 10.0. The minimum Gasteiger partial charge on any atom is -0.381 e. The van der Waals surface area contributed by atoms with Gasteiger partial charge in [0.1, 0.15) is 0 Å². The van der Waals surface area contributed by atoms with Gasteiger partial charge in [-0.2, -0.15) is 0 Å². The fourth-order valence-corrected chi connectivity index (χ4v) is 1.97. The second-order valence-corrected chi connectivity index (χ2v) is 5.55. The third kappa shape index (κ3) is 6.89. The highest BCUT2D eigenvalue weighted by atomic mass is 16.5. The molecule has 0 aromatic rings. The summed E-state index contributed by atoms with van der Waals surface area (Å²) in [4.78, 5) is 11.6. The smallest absolute Gasteiger partial charge is 0.237 e. The number of nitrogens with two attached hydrogens (primary N) is 1. The standard InChI is InChI=1S/C14H28N2O3/c1-11(2)13(15)14(17)16-6-3-7-19-10-12-4-8-18-9-5-12/h11-13H,3-10,15H2,1-2H3,(H,16,17)/t13-/m0/s1. The average molecular weight is 272 g/mol.